The van der Waals surface area contributed by atoms with Gasteiger partial charge in [-0.25, -0.2) is 0 Å². The largest absolute Gasteiger partial charge is 0.507 e. The van der Waals surface area contributed by atoms with Gasteiger partial charge in [0.05, 0.1) is 18.4 Å². The molecule has 0 aliphatic carbocycles. The average molecular weight is 367 g/mol. The Labute approximate surface area is 158 Å². The summed E-state index contributed by atoms with van der Waals surface area (Å²) in [5, 5.41) is 15.7. The van der Waals surface area contributed by atoms with Gasteiger partial charge in [-0.15, -0.1) is 0 Å². The van der Waals surface area contributed by atoms with Crippen LogP contribution in [0.1, 0.15) is 16.8 Å². The van der Waals surface area contributed by atoms with Gasteiger partial charge in [-0.05, 0) is 25.2 Å². The summed E-state index contributed by atoms with van der Waals surface area (Å²) in [5.74, 6) is 1.10. The van der Waals surface area contributed by atoms with Crippen molar-refractivity contribution in [3.63, 3.8) is 0 Å². The number of piperazine rings is 1. The van der Waals surface area contributed by atoms with Crippen molar-refractivity contribution >= 4 is 11.0 Å². The highest BCUT2D eigenvalue weighted by molar-refractivity contribution is 5.84. The molecule has 3 aromatic rings. The third-order valence-electron chi connectivity index (χ3n) is 5.32. The summed E-state index contributed by atoms with van der Waals surface area (Å²) < 4.78 is 11.1. The quantitative estimate of drug-likeness (QED) is 0.748. The van der Waals surface area contributed by atoms with E-state index >= 15 is 0 Å². The molecule has 1 aliphatic heterocycles. The number of methoxy groups -OCH3 is 1. The lowest BCUT2D eigenvalue weighted by atomic mass is 10.0. The number of phenolic OH excluding ortho intramolecular Hbond substituents is 1. The molecule has 142 valence electrons. The van der Waals surface area contributed by atoms with E-state index in [1.807, 2.05) is 30.3 Å². The van der Waals surface area contributed by atoms with Crippen molar-refractivity contribution in [3.8, 4) is 11.5 Å². The number of ether oxygens (including phenoxy) is 1. The maximum atomic E-state index is 10.4. The van der Waals surface area contributed by atoms with Gasteiger partial charge in [0.2, 0.25) is 0 Å². The van der Waals surface area contributed by atoms with Crippen LogP contribution in [0.2, 0.25) is 0 Å². The molecule has 6 heteroatoms. The zero-order valence-corrected chi connectivity index (χ0v) is 15.8. The van der Waals surface area contributed by atoms with Gasteiger partial charge in [0, 0.05) is 50.1 Å². The zero-order chi connectivity index (χ0) is 18.8. The molecule has 0 radical (unpaired) electrons. The van der Waals surface area contributed by atoms with Crippen LogP contribution in [0.3, 0.4) is 0 Å². The molecule has 0 amide bonds. The van der Waals surface area contributed by atoms with Crippen LogP contribution in [-0.4, -0.2) is 60.4 Å². The maximum Gasteiger partial charge on any atom is 0.175 e. The molecule has 1 fully saturated rings. The Bertz CT molecular complexity index is 930. The molecule has 0 atom stereocenters. The molecule has 4 rings (SSSR count). The summed E-state index contributed by atoms with van der Waals surface area (Å²) in [6.07, 6.45) is 0.621. The van der Waals surface area contributed by atoms with E-state index in [1.165, 1.54) is 0 Å². The second-order valence-electron chi connectivity index (χ2n) is 7.14. The van der Waals surface area contributed by atoms with Crippen molar-refractivity contribution in [2.45, 2.75) is 13.0 Å². The Morgan fingerprint density at radius 3 is 2.67 bits per heavy atom. The fourth-order valence-corrected chi connectivity index (χ4v) is 3.64. The number of aromatic nitrogens is 1. The van der Waals surface area contributed by atoms with E-state index in [1.54, 1.807) is 13.2 Å². The van der Waals surface area contributed by atoms with E-state index in [0.717, 1.165) is 54.1 Å². The number of phenols is 1. The first-order chi connectivity index (χ1) is 13.2. The van der Waals surface area contributed by atoms with Crippen LogP contribution in [0.25, 0.3) is 11.0 Å². The second kappa shape index (κ2) is 7.58. The van der Waals surface area contributed by atoms with Crippen LogP contribution in [0.4, 0.5) is 0 Å². The number of hydrogen-bond donors (Lipinski definition) is 1. The third kappa shape index (κ3) is 3.63. The van der Waals surface area contributed by atoms with E-state index in [9.17, 15) is 5.11 Å². The molecule has 2 heterocycles. The molecule has 1 N–H and O–H groups in total. The Hall–Kier alpha value is -2.57. The van der Waals surface area contributed by atoms with Gasteiger partial charge < -0.3 is 19.3 Å². The van der Waals surface area contributed by atoms with E-state index in [-0.39, 0.29) is 5.75 Å². The molecule has 27 heavy (non-hydrogen) atoms. The number of hydrogen-bond acceptors (Lipinski definition) is 6. The van der Waals surface area contributed by atoms with Crippen molar-refractivity contribution in [1.82, 2.24) is 15.0 Å². The van der Waals surface area contributed by atoms with Crippen molar-refractivity contribution in [1.29, 1.82) is 0 Å². The number of aromatic hydroxyl groups is 1. The lowest BCUT2D eigenvalue weighted by Gasteiger charge is -2.32. The predicted octanol–water partition coefficient (Wildman–Crippen LogP) is 2.88. The topological polar surface area (TPSA) is 62.0 Å². The third-order valence-corrected chi connectivity index (χ3v) is 5.32. The smallest absolute Gasteiger partial charge is 0.175 e. The molecule has 0 unspecified atom stereocenters. The van der Waals surface area contributed by atoms with Gasteiger partial charge in [0.15, 0.2) is 5.58 Å². The molecule has 0 saturated carbocycles. The first-order valence-corrected chi connectivity index (χ1v) is 9.27. The fourth-order valence-electron chi connectivity index (χ4n) is 3.64. The van der Waals surface area contributed by atoms with Gasteiger partial charge in [0.1, 0.15) is 11.5 Å². The summed E-state index contributed by atoms with van der Waals surface area (Å²) >= 11 is 0. The number of nitrogens with zero attached hydrogens (tertiary/aromatic N) is 3. The van der Waals surface area contributed by atoms with Crippen LogP contribution in [-0.2, 0) is 13.0 Å². The minimum Gasteiger partial charge on any atom is -0.507 e. The first-order valence-electron chi connectivity index (χ1n) is 9.27. The van der Waals surface area contributed by atoms with Crippen molar-refractivity contribution < 1.29 is 14.4 Å². The summed E-state index contributed by atoms with van der Waals surface area (Å²) in [6.45, 7) is 4.70. The minimum atomic E-state index is 0.265. The average Bonchev–Trinajstić information content (AvgIpc) is 3.09. The molecule has 1 aromatic heterocycles. The van der Waals surface area contributed by atoms with Crippen LogP contribution in [0, 0.1) is 0 Å². The van der Waals surface area contributed by atoms with Crippen molar-refractivity contribution in [3.05, 3.63) is 53.2 Å². The Morgan fingerprint density at radius 2 is 1.89 bits per heavy atom. The van der Waals surface area contributed by atoms with E-state index in [4.69, 9.17) is 9.26 Å². The molecule has 0 bridgehead atoms. The van der Waals surface area contributed by atoms with Crippen LogP contribution in [0.15, 0.2) is 40.9 Å². The molecule has 6 nitrogen and oxygen atoms in total. The summed E-state index contributed by atoms with van der Waals surface area (Å²) in [6, 6.07) is 11.6. The summed E-state index contributed by atoms with van der Waals surface area (Å²) in [5.41, 5.74) is 3.41. The Morgan fingerprint density at radius 1 is 1.11 bits per heavy atom. The van der Waals surface area contributed by atoms with Crippen molar-refractivity contribution in [2.24, 2.45) is 0 Å². The minimum absolute atomic E-state index is 0.265. The number of benzene rings is 2. The summed E-state index contributed by atoms with van der Waals surface area (Å²) in [7, 11) is 3.81. The number of para-hydroxylation sites is 1. The van der Waals surface area contributed by atoms with E-state index < -0.39 is 0 Å². The van der Waals surface area contributed by atoms with Crippen LogP contribution < -0.4 is 4.74 Å². The molecular formula is C21H25N3O3. The van der Waals surface area contributed by atoms with Gasteiger partial charge in [-0.3, -0.25) is 4.90 Å². The lowest BCUT2D eigenvalue weighted by molar-refractivity contribution is 0.147. The zero-order valence-electron chi connectivity index (χ0n) is 15.8. The molecule has 1 aliphatic rings. The van der Waals surface area contributed by atoms with Gasteiger partial charge in [-0.1, -0.05) is 23.4 Å². The van der Waals surface area contributed by atoms with Crippen LogP contribution >= 0.6 is 0 Å². The number of fused-ring (bicyclic) bond motifs is 1. The lowest BCUT2D eigenvalue weighted by Crippen LogP contribution is -2.43. The monoisotopic (exact) mass is 367 g/mol. The van der Waals surface area contributed by atoms with Gasteiger partial charge in [0.25, 0.3) is 0 Å². The van der Waals surface area contributed by atoms with Gasteiger partial charge >= 0.3 is 0 Å². The molecule has 1 saturated heterocycles. The highest BCUT2D eigenvalue weighted by Crippen LogP contribution is 2.32. The number of rotatable bonds is 5. The molecular weight excluding hydrogens is 342 g/mol. The Kier molecular flexibility index (Phi) is 5.01. The molecule has 2 aromatic carbocycles. The SMILES string of the molecule is COc1ccccc1Cc1noc2c(CN3CCN(C)CC3)c(O)ccc12. The predicted molar refractivity (Wildman–Crippen MR) is 104 cm³/mol. The highest BCUT2D eigenvalue weighted by Gasteiger charge is 2.21. The normalized spacial score (nSPS) is 16.1. The maximum absolute atomic E-state index is 10.4. The highest BCUT2D eigenvalue weighted by atomic mass is 16.5. The van der Waals surface area contributed by atoms with Gasteiger partial charge in [-0.2, -0.15) is 0 Å². The second-order valence-corrected chi connectivity index (χ2v) is 7.14. The van der Waals surface area contributed by atoms with E-state index in [0.29, 0.717) is 18.5 Å². The Balaban J connectivity index is 1.63. The van der Waals surface area contributed by atoms with E-state index in [2.05, 4.69) is 22.0 Å². The standard InChI is InChI=1S/C21H25N3O3/c1-23-9-11-24(12-10-23)14-17-19(25)8-7-16-18(22-27-21(16)17)13-15-5-3-4-6-20(15)26-2/h3-8,25H,9-14H2,1-2H3. The molecule has 0 spiro atoms. The number of likely N-dealkylation sites (N-methyl/N-ethyl adjacent to an activating group) is 1. The summed E-state index contributed by atoms with van der Waals surface area (Å²) in [4.78, 5) is 4.66. The first kappa shape index (κ1) is 17.8. The van der Waals surface area contributed by atoms with Crippen LogP contribution in [0.5, 0.6) is 11.5 Å². The fraction of sp³-hybridized carbons (Fsp3) is 0.381. The van der Waals surface area contributed by atoms with Crippen molar-refractivity contribution in [2.75, 3.05) is 40.3 Å².